The smallest absolute Gasteiger partial charge is 0.0101 e. The summed E-state index contributed by atoms with van der Waals surface area (Å²) in [5, 5.41) is 0. The van der Waals surface area contributed by atoms with Gasteiger partial charge in [-0.3, -0.25) is 0 Å². The summed E-state index contributed by atoms with van der Waals surface area (Å²) in [6.45, 7) is 2.44. The van der Waals surface area contributed by atoms with E-state index in [1.807, 2.05) is 0 Å². The second-order valence-corrected chi connectivity index (χ2v) is 5.55. The fraction of sp³-hybridized carbons (Fsp3) is 1.00. The fourth-order valence-corrected chi connectivity index (χ4v) is 4.01. The van der Waals surface area contributed by atoms with E-state index in [2.05, 4.69) is 18.9 Å². The Kier molecular flexibility index (Phi) is 1.74. The molecule has 0 radical (unpaired) electrons. The van der Waals surface area contributed by atoms with E-state index in [4.69, 9.17) is 0 Å². The van der Waals surface area contributed by atoms with Crippen molar-refractivity contribution < 1.29 is 0 Å². The van der Waals surface area contributed by atoms with Crippen LogP contribution in [0, 0.1) is 17.8 Å². The zero-order chi connectivity index (χ0) is 9.00. The molecule has 13 heavy (non-hydrogen) atoms. The molecule has 1 heterocycles. The lowest BCUT2D eigenvalue weighted by molar-refractivity contribution is 0.0762. The zero-order valence-corrected chi connectivity index (χ0v) is 8.87. The van der Waals surface area contributed by atoms with Gasteiger partial charge in [0.1, 0.15) is 0 Å². The molecule has 3 fully saturated rings. The lowest BCUT2D eigenvalue weighted by Crippen LogP contribution is -2.42. The number of piperidine rings is 1. The van der Waals surface area contributed by atoms with Gasteiger partial charge in [0.25, 0.3) is 0 Å². The van der Waals surface area contributed by atoms with Crippen molar-refractivity contribution >= 4 is 0 Å². The van der Waals surface area contributed by atoms with Crippen LogP contribution in [0.2, 0.25) is 0 Å². The van der Waals surface area contributed by atoms with Crippen molar-refractivity contribution in [3.05, 3.63) is 0 Å². The SMILES string of the molecule is CC1C2CC(CC2C2CCC2)N1C. The van der Waals surface area contributed by atoms with E-state index in [9.17, 15) is 0 Å². The van der Waals surface area contributed by atoms with Gasteiger partial charge in [-0.2, -0.15) is 0 Å². The molecule has 1 heteroatoms. The lowest BCUT2D eigenvalue weighted by Gasteiger charge is -2.41. The van der Waals surface area contributed by atoms with E-state index in [0.29, 0.717) is 0 Å². The van der Waals surface area contributed by atoms with E-state index in [-0.39, 0.29) is 0 Å². The van der Waals surface area contributed by atoms with Crippen LogP contribution in [0.25, 0.3) is 0 Å². The predicted molar refractivity (Wildman–Crippen MR) is 54.6 cm³/mol. The molecule has 1 aliphatic heterocycles. The van der Waals surface area contributed by atoms with Gasteiger partial charge in [0.05, 0.1) is 0 Å². The van der Waals surface area contributed by atoms with Crippen LogP contribution in [0.4, 0.5) is 0 Å². The molecule has 0 amide bonds. The third-order valence-corrected chi connectivity index (χ3v) is 5.23. The Balaban J connectivity index is 1.74. The van der Waals surface area contributed by atoms with Crippen LogP contribution >= 0.6 is 0 Å². The van der Waals surface area contributed by atoms with Gasteiger partial charge in [-0.25, -0.2) is 0 Å². The first-order valence-corrected chi connectivity index (χ1v) is 5.99. The second-order valence-electron chi connectivity index (χ2n) is 5.55. The van der Waals surface area contributed by atoms with Gasteiger partial charge in [-0.15, -0.1) is 0 Å². The number of fused-ring (bicyclic) bond motifs is 2. The highest BCUT2D eigenvalue weighted by Gasteiger charge is 2.50. The molecule has 1 saturated heterocycles. The molecule has 2 bridgehead atoms. The maximum atomic E-state index is 2.62. The van der Waals surface area contributed by atoms with Crippen molar-refractivity contribution in [1.29, 1.82) is 0 Å². The standard InChI is InChI=1S/C12H21N/c1-8-11-6-10(13(8)2)7-12(11)9-4-3-5-9/h8-12H,3-7H2,1-2H3. The van der Waals surface area contributed by atoms with Gasteiger partial charge < -0.3 is 4.90 Å². The summed E-state index contributed by atoms with van der Waals surface area (Å²) in [5.41, 5.74) is 0. The van der Waals surface area contributed by atoms with E-state index >= 15 is 0 Å². The lowest BCUT2D eigenvalue weighted by atomic mass is 9.69. The molecule has 0 aromatic carbocycles. The minimum absolute atomic E-state index is 0.879. The Morgan fingerprint density at radius 3 is 2.23 bits per heavy atom. The molecule has 1 nitrogen and oxygen atoms in total. The molecule has 2 aliphatic carbocycles. The molecule has 0 N–H and O–H groups in total. The highest BCUT2D eigenvalue weighted by molar-refractivity contribution is 5.03. The van der Waals surface area contributed by atoms with Crippen LogP contribution in [-0.2, 0) is 0 Å². The van der Waals surface area contributed by atoms with Gasteiger partial charge in [0.2, 0.25) is 0 Å². The average Bonchev–Trinajstić information content (AvgIpc) is 2.51. The predicted octanol–water partition coefficient (Wildman–Crippen LogP) is 2.52. The Labute approximate surface area is 81.5 Å². The van der Waals surface area contributed by atoms with Crippen molar-refractivity contribution in [3.8, 4) is 0 Å². The Hall–Kier alpha value is -0.0400. The molecule has 4 atom stereocenters. The van der Waals surface area contributed by atoms with Gasteiger partial charge >= 0.3 is 0 Å². The van der Waals surface area contributed by atoms with Gasteiger partial charge in [0.15, 0.2) is 0 Å². The molecule has 0 spiro atoms. The van der Waals surface area contributed by atoms with Gasteiger partial charge in [0, 0.05) is 12.1 Å². The summed E-state index contributed by atoms with van der Waals surface area (Å²) in [7, 11) is 2.33. The van der Waals surface area contributed by atoms with E-state index in [1.165, 1.54) is 19.3 Å². The fourth-order valence-electron chi connectivity index (χ4n) is 4.01. The molecule has 0 aromatic rings. The molecule has 3 aliphatic rings. The maximum Gasteiger partial charge on any atom is 0.0101 e. The number of likely N-dealkylation sites (tertiary alicyclic amines) is 1. The Morgan fingerprint density at radius 2 is 1.77 bits per heavy atom. The molecule has 74 valence electrons. The van der Waals surface area contributed by atoms with E-state index in [1.54, 1.807) is 12.8 Å². The summed E-state index contributed by atoms with van der Waals surface area (Å²) >= 11 is 0. The van der Waals surface area contributed by atoms with Crippen LogP contribution in [0.5, 0.6) is 0 Å². The van der Waals surface area contributed by atoms with Gasteiger partial charge in [-0.05, 0) is 44.6 Å². The van der Waals surface area contributed by atoms with Crippen molar-refractivity contribution in [2.24, 2.45) is 17.8 Å². The minimum atomic E-state index is 0.879. The summed E-state index contributed by atoms with van der Waals surface area (Å²) in [5.74, 6) is 3.30. The molecule has 4 unspecified atom stereocenters. The minimum Gasteiger partial charge on any atom is -0.300 e. The number of hydrogen-bond donors (Lipinski definition) is 0. The maximum absolute atomic E-state index is 2.62. The Morgan fingerprint density at radius 1 is 1.08 bits per heavy atom. The highest BCUT2D eigenvalue weighted by atomic mass is 15.2. The zero-order valence-electron chi connectivity index (χ0n) is 8.87. The van der Waals surface area contributed by atoms with E-state index < -0.39 is 0 Å². The largest absolute Gasteiger partial charge is 0.300 e. The first kappa shape index (κ1) is 8.28. The summed E-state index contributed by atoms with van der Waals surface area (Å²) in [6.07, 6.45) is 7.65. The van der Waals surface area contributed by atoms with Crippen LogP contribution in [0.3, 0.4) is 0 Å². The van der Waals surface area contributed by atoms with Crippen molar-refractivity contribution in [2.75, 3.05) is 7.05 Å². The first-order valence-electron chi connectivity index (χ1n) is 5.99. The number of rotatable bonds is 1. The van der Waals surface area contributed by atoms with Crippen molar-refractivity contribution in [3.63, 3.8) is 0 Å². The molecule has 3 rings (SSSR count). The van der Waals surface area contributed by atoms with E-state index in [0.717, 1.165) is 29.8 Å². The summed E-state index contributed by atoms with van der Waals surface area (Å²) < 4.78 is 0. The first-order chi connectivity index (χ1) is 6.27. The van der Waals surface area contributed by atoms with Crippen LogP contribution in [0.1, 0.15) is 39.0 Å². The van der Waals surface area contributed by atoms with Crippen LogP contribution < -0.4 is 0 Å². The topological polar surface area (TPSA) is 3.24 Å². The second kappa shape index (κ2) is 2.73. The monoisotopic (exact) mass is 179 g/mol. The van der Waals surface area contributed by atoms with Crippen LogP contribution in [-0.4, -0.2) is 24.0 Å². The molecule has 2 saturated carbocycles. The van der Waals surface area contributed by atoms with Crippen molar-refractivity contribution in [1.82, 2.24) is 4.90 Å². The molecular weight excluding hydrogens is 158 g/mol. The van der Waals surface area contributed by atoms with Crippen LogP contribution in [0.15, 0.2) is 0 Å². The van der Waals surface area contributed by atoms with Gasteiger partial charge in [-0.1, -0.05) is 19.3 Å². The quantitative estimate of drug-likeness (QED) is 0.598. The molecular formula is C12H21N. The Bertz CT molecular complexity index is 207. The summed E-state index contributed by atoms with van der Waals surface area (Å²) in [6, 6.07) is 1.83. The highest BCUT2D eigenvalue weighted by Crippen LogP contribution is 2.52. The third-order valence-electron chi connectivity index (χ3n) is 5.23. The number of nitrogens with zero attached hydrogens (tertiary/aromatic N) is 1. The normalized spacial score (nSPS) is 51.2. The number of hydrogen-bond acceptors (Lipinski definition) is 1. The summed E-state index contributed by atoms with van der Waals surface area (Å²) in [4.78, 5) is 2.62. The third kappa shape index (κ3) is 1.03. The molecule has 0 aromatic heterocycles. The van der Waals surface area contributed by atoms with Crippen molar-refractivity contribution in [2.45, 2.75) is 51.1 Å². The average molecular weight is 179 g/mol.